The lowest BCUT2D eigenvalue weighted by Gasteiger charge is -2.43. The Hall–Kier alpha value is -1.70. The SMILES string of the molecule is COCc1cc(N2CC(CN3CCOCC3)C2)c2nonc2c1. The van der Waals surface area contributed by atoms with Crippen LogP contribution in [0.5, 0.6) is 0 Å². The minimum absolute atomic E-state index is 0.570. The highest BCUT2D eigenvalue weighted by Gasteiger charge is 2.31. The van der Waals surface area contributed by atoms with Crippen LogP contribution >= 0.6 is 0 Å². The highest BCUT2D eigenvalue weighted by molar-refractivity contribution is 5.88. The van der Waals surface area contributed by atoms with Gasteiger partial charge in [-0.05, 0) is 28.0 Å². The number of hydrogen-bond acceptors (Lipinski definition) is 7. The van der Waals surface area contributed by atoms with Crippen molar-refractivity contribution in [2.24, 2.45) is 5.92 Å². The van der Waals surface area contributed by atoms with Crippen LogP contribution < -0.4 is 4.90 Å². The topological polar surface area (TPSA) is 63.9 Å². The van der Waals surface area contributed by atoms with Gasteiger partial charge in [0.25, 0.3) is 0 Å². The molecule has 2 saturated heterocycles. The molecule has 2 aliphatic rings. The molecule has 0 amide bonds. The Bertz CT molecular complexity index is 662. The Balaban J connectivity index is 1.44. The lowest BCUT2D eigenvalue weighted by atomic mass is 9.97. The number of fused-ring (bicyclic) bond motifs is 1. The molecular weight excluding hydrogens is 296 g/mol. The molecule has 2 aliphatic heterocycles. The molecule has 124 valence electrons. The predicted octanol–water partition coefficient (Wildman–Crippen LogP) is 1.14. The zero-order valence-electron chi connectivity index (χ0n) is 13.4. The van der Waals surface area contributed by atoms with E-state index in [2.05, 4.69) is 26.2 Å². The Morgan fingerprint density at radius 1 is 1.22 bits per heavy atom. The van der Waals surface area contributed by atoms with E-state index in [0.29, 0.717) is 12.5 Å². The van der Waals surface area contributed by atoms with Crippen molar-refractivity contribution in [2.75, 3.05) is 57.9 Å². The standard InChI is InChI=1S/C16H22N4O3/c1-21-11-12-6-14-16(18-23-17-14)15(7-12)20-9-13(10-20)8-19-2-4-22-5-3-19/h6-7,13H,2-5,8-11H2,1H3. The Morgan fingerprint density at radius 2 is 2.04 bits per heavy atom. The van der Waals surface area contributed by atoms with E-state index in [9.17, 15) is 0 Å². The summed E-state index contributed by atoms with van der Waals surface area (Å²) in [6.07, 6.45) is 0. The van der Waals surface area contributed by atoms with Crippen molar-refractivity contribution in [1.82, 2.24) is 15.2 Å². The number of benzene rings is 1. The van der Waals surface area contributed by atoms with Crippen LogP contribution in [0.15, 0.2) is 16.8 Å². The highest BCUT2D eigenvalue weighted by atomic mass is 16.6. The minimum Gasteiger partial charge on any atom is -0.380 e. The van der Waals surface area contributed by atoms with Gasteiger partial charge in [-0.25, -0.2) is 4.63 Å². The molecule has 0 unspecified atom stereocenters. The van der Waals surface area contributed by atoms with E-state index in [1.807, 2.05) is 6.07 Å². The van der Waals surface area contributed by atoms with Crippen LogP contribution in [0.3, 0.4) is 0 Å². The first-order chi connectivity index (χ1) is 11.3. The van der Waals surface area contributed by atoms with Gasteiger partial charge in [0.15, 0.2) is 5.52 Å². The van der Waals surface area contributed by atoms with Gasteiger partial charge in [0.05, 0.1) is 25.5 Å². The lowest BCUT2D eigenvalue weighted by Crippen LogP contribution is -2.53. The van der Waals surface area contributed by atoms with Crippen LogP contribution in [0.25, 0.3) is 11.0 Å². The number of rotatable bonds is 5. The van der Waals surface area contributed by atoms with E-state index in [1.54, 1.807) is 7.11 Å². The fourth-order valence-electron chi connectivity index (χ4n) is 3.45. The van der Waals surface area contributed by atoms with Gasteiger partial charge in [-0.15, -0.1) is 0 Å². The van der Waals surface area contributed by atoms with Crippen molar-refractivity contribution >= 4 is 16.7 Å². The highest BCUT2D eigenvalue weighted by Crippen LogP contribution is 2.32. The molecule has 3 heterocycles. The predicted molar refractivity (Wildman–Crippen MR) is 85.5 cm³/mol. The minimum atomic E-state index is 0.570. The van der Waals surface area contributed by atoms with E-state index < -0.39 is 0 Å². The Labute approximate surface area is 135 Å². The fraction of sp³-hybridized carbons (Fsp3) is 0.625. The van der Waals surface area contributed by atoms with Gasteiger partial charge in [-0.1, -0.05) is 0 Å². The fourth-order valence-corrected chi connectivity index (χ4v) is 3.45. The molecule has 0 atom stereocenters. The normalized spacial score (nSPS) is 20.1. The van der Waals surface area contributed by atoms with E-state index in [0.717, 1.165) is 68.2 Å². The molecule has 4 rings (SSSR count). The number of ether oxygens (including phenoxy) is 2. The van der Waals surface area contributed by atoms with Crippen LogP contribution in [0, 0.1) is 5.92 Å². The molecule has 7 nitrogen and oxygen atoms in total. The van der Waals surface area contributed by atoms with E-state index in [1.165, 1.54) is 0 Å². The number of hydrogen-bond donors (Lipinski definition) is 0. The summed E-state index contributed by atoms with van der Waals surface area (Å²) in [6, 6.07) is 4.12. The average molecular weight is 318 g/mol. The van der Waals surface area contributed by atoms with Crippen molar-refractivity contribution in [3.8, 4) is 0 Å². The summed E-state index contributed by atoms with van der Waals surface area (Å²) < 4.78 is 15.6. The smallest absolute Gasteiger partial charge is 0.158 e. The van der Waals surface area contributed by atoms with Crippen LogP contribution in [0.2, 0.25) is 0 Å². The largest absolute Gasteiger partial charge is 0.380 e. The third-order valence-corrected chi connectivity index (χ3v) is 4.63. The Morgan fingerprint density at radius 3 is 2.83 bits per heavy atom. The van der Waals surface area contributed by atoms with Crippen molar-refractivity contribution in [3.05, 3.63) is 17.7 Å². The molecule has 0 saturated carbocycles. The first-order valence-electron chi connectivity index (χ1n) is 8.12. The molecule has 1 aromatic heterocycles. The van der Waals surface area contributed by atoms with Crippen LogP contribution in [-0.2, 0) is 16.1 Å². The van der Waals surface area contributed by atoms with E-state index in [-0.39, 0.29) is 0 Å². The third-order valence-electron chi connectivity index (χ3n) is 4.63. The molecule has 7 heteroatoms. The van der Waals surface area contributed by atoms with Gasteiger partial charge < -0.3 is 14.4 Å². The van der Waals surface area contributed by atoms with Crippen molar-refractivity contribution in [3.63, 3.8) is 0 Å². The second kappa shape index (κ2) is 6.43. The van der Waals surface area contributed by atoms with E-state index >= 15 is 0 Å². The summed E-state index contributed by atoms with van der Waals surface area (Å²) in [6.45, 7) is 7.65. The number of anilines is 1. The third kappa shape index (κ3) is 3.04. The summed E-state index contributed by atoms with van der Waals surface area (Å²) >= 11 is 0. The van der Waals surface area contributed by atoms with Gasteiger partial charge >= 0.3 is 0 Å². The van der Waals surface area contributed by atoms with Crippen molar-refractivity contribution in [2.45, 2.75) is 6.61 Å². The molecule has 2 fully saturated rings. The second-order valence-electron chi connectivity index (χ2n) is 6.36. The lowest BCUT2D eigenvalue weighted by molar-refractivity contribution is 0.0286. The summed E-state index contributed by atoms with van der Waals surface area (Å²) in [7, 11) is 1.70. The molecule has 0 N–H and O–H groups in total. The zero-order chi connectivity index (χ0) is 15.6. The molecule has 0 radical (unpaired) electrons. The number of morpholine rings is 1. The van der Waals surface area contributed by atoms with Crippen molar-refractivity contribution < 1.29 is 14.1 Å². The summed E-state index contributed by atoms with van der Waals surface area (Å²) in [5, 5.41) is 8.05. The van der Waals surface area contributed by atoms with Gasteiger partial charge in [-0.2, -0.15) is 0 Å². The molecular formula is C16H22N4O3. The van der Waals surface area contributed by atoms with Gasteiger partial charge in [-0.3, -0.25) is 4.90 Å². The average Bonchev–Trinajstić information content (AvgIpc) is 3.00. The van der Waals surface area contributed by atoms with Crippen LogP contribution in [0.1, 0.15) is 5.56 Å². The van der Waals surface area contributed by atoms with Gasteiger partial charge in [0.2, 0.25) is 0 Å². The van der Waals surface area contributed by atoms with Crippen LogP contribution in [0.4, 0.5) is 5.69 Å². The molecule has 2 aromatic rings. The Kier molecular flexibility index (Phi) is 4.15. The summed E-state index contributed by atoms with van der Waals surface area (Å²) in [4.78, 5) is 4.86. The molecule has 0 aliphatic carbocycles. The number of nitrogens with zero attached hydrogens (tertiary/aromatic N) is 4. The quantitative estimate of drug-likeness (QED) is 0.819. The second-order valence-corrected chi connectivity index (χ2v) is 6.36. The van der Waals surface area contributed by atoms with Crippen molar-refractivity contribution in [1.29, 1.82) is 0 Å². The maximum atomic E-state index is 5.41. The molecule has 23 heavy (non-hydrogen) atoms. The molecule has 0 bridgehead atoms. The first kappa shape index (κ1) is 14.9. The van der Waals surface area contributed by atoms with Gasteiger partial charge in [0, 0.05) is 45.8 Å². The zero-order valence-corrected chi connectivity index (χ0v) is 13.4. The van der Waals surface area contributed by atoms with E-state index in [4.69, 9.17) is 14.1 Å². The number of methoxy groups -OCH3 is 1. The number of aromatic nitrogens is 2. The molecule has 1 aromatic carbocycles. The maximum absolute atomic E-state index is 5.41. The first-order valence-corrected chi connectivity index (χ1v) is 8.12. The maximum Gasteiger partial charge on any atom is 0.158 e. The van der Waals surface area contributed by atoms with Gasteiger partial charge in [0.1, 0.15) is 5.52 Å². The summed E-state index contributed by atoms with van der Waals surface area (Å²) in [5.41, 5.74) is 3.84. The summed E-state index contributed by atoms with van der Waals surface area (Å²) in [5.74, 6) is 0.703. The van der Waals surface area contributed by atoms with Crippen LogP contribution in [-0.4, -0.2) is 68.3 Å². The molecule has 0 spiro atoms. The monoisotopic (exact) mass is 318 g/mol.